The van der Waals surface area contributed by atoms with Gasteiger partial charge in [-0.05, 0) is 13.3 Å². The van der Waals surface area contributed by atoms with E-state index in [2.05, 4.69) is 6.92 Å². The molecule has 0 fully saturated rings. The Morgan fingerprint density at radius 3 is 2.20 bits per heavy atom. The Balaban J connectivity index is 3.13. The van der Waals surface area contributed by atoms with Gasteiger partial charge in [-0.2, -0.15) is 0 Å². The minimum Gasteiger partial charge on any atom is -0.299 e. The summed E-state index contributed by atoms with van der Waals surface area (Å²) in [4.78, 5) is 11.3. The molecule has 0 rings (SSSR count). The Labute approximate surface area is 95.0 Å². The van der Waals surface area contributed by atoms with Crippen molar-refractivity contribution in [1.82, 2.24) is 0 Å². The highest BCUT2D eigenvalue weighted by Gasteiger charge is 1.98. The van der Waals surface area contributed by atoms with Crippen LogP contribution in [0.15, 0.2) is 12.2 Å². The normalized spacial score (nSPS) is 11.1. The average molecular weight is 210 g/mol. The monoisotopic (exact) mass is 210 g/mol. The van der Waals surface area contributed by atoms with Crippen molar-refractivity contribution in [2.75, 3.05) is 0 Å². The van der Waals surface area contributed by atoms with E-state index in [0.717, 1.165) is 12.8 Å². The van der Waals surface area contributed by atoms with Gasteiger partial charge < -0.3 is 0 Å². The molecule has 0 heterocycles. The Morgan fingerprint density at radius 2 is 1.60 bits per heavy atom. The van der Waals surface area contributed by atoms with Gasteiger partial charge in [0, 0.05) is 12.8 Å². The van der Waals surface area contributed by atoms with Crippen molar-refractivity contribution in [3.05, 3.63) is 12.2 Å². The van der Waals surface area contributed by atoms with Gasteiger partial charge in [0.15, 0.2) is 0 Å². The van der Waals surface area contributed by atoms with E-state index in [1.807, 2.05) is 19.1 Å². The molecule has 0 bridgehead atoms. The smallest absolute Gasteiger partial charge is 0.136 e. The Morgan fingerprint density at radius 1 is 1.00 bits per heavy atom. The molecule has 1 nitrogen and oxygen atoms in total. The lowest BCUT2D eigenvalue weighted by molar-refractivity contribution is -0.118. The summed E-state index contributed by atoms with van der Waals surface area (Å²) in [5.74, 6) is 0.390. The van der Waals surface area contributed by atoms with Crippen LogP contribution in [0.3, 0.4) is 0 Å². The number of allylic oxidation sites excluding steroid dienone is 2. The van der Waals surface area contributed by atoms with E-state index in [9.17, 15) is 4.79 Å². The van der Waals surface area contributed by atoms with Crippen LogP contribution >= 0.6 is 0 Å². The third-order valence-electron chi connectivity index (χ3n) is 2.64. The lowest BCUT2D eigenvalue weighted by Crippen LogP contribution is -1.95. The van der Waals surface area contributed by atoms with E-state index in [1.165, 1.54) is 38.5 Å². The minimum absolute atomic E-state index is 0.390. The van der Waals surface area contributed by atoms with Crippen LogP contribution in [0.5, 0.6) is 0 Å². The number of Topliss-reactive ketones (excluding diaryl/α,β-unsaturated/α-hetero) is 1. The molecule has 0 aromatic heterocycles. The first-order valence-electron chi connectivity index (χ1n) is 6.44. The highest BCUT2D eigenvalue weighted by Crippen LogP contribution is 2.09. The molecule has 15 heavy (non-hydrogen) atoms. The van der Waals surface area contributed by atoms with Gasteiger partial charge in [-0.25, -0.2) is 0 Å². The number of hydrogen-bond acceptors (Lipinski definition) is 1. The zero-order valence-corrected chi connectivity index (χ0v) is 10.4. The Hall–Kier alpha value is -0.590. The fraction of sp³-hybridized carbons (Fsp3) is 0.786. The summed E-state index contributed by atoms with van der Waals surface area (Å²) >= 11 is 0. The summed E-state index contributed by atoms with van der Waals surface area (Å²) in [5, 5.41) is 0. The molecule has 0 spiro atoms. The highest BCUT2D eigenvalue weighted by atomic mass is 16.1. The van der Waals surface area contributed by atoms with Crippen LogP contribution in [0.1, 0.15) is 71.6 Å². The standard InChI is InChI=1S/C14H26O/c1-3-5-7-8-9-10-11-13-14(15)12-6-4-2/h4,6H,3,5,7-13H2,1-2H3/b6-4+. The summed E-state index contributed by atoms with van der Waals surface area (Å²) in [5.41, 5.74) is 0. The van der Waals surface area contributed by atoms with Gasteiger partial charge in [-0.3, -0.25) is 4.79 Å². The second-order valence-electron chi connectivity index (χ2n) is 4.18. The number of ketones is 1. The number of rotatable bonds is 10. The molecule has 0 atom stereocenters. The van der Waals surface area contributed by atoms with E-state index in [1.54, 1.807) is 0 Å². The van der Waals surface area contributed by atoms with E-state index >= 15 is 0 Å². The molecule has 0 aromatic rings. The Bertz CT molecular complexity index is 170. The van der Waals surface area contributed by atoms with Gasteiger partial charge in [0.05, 0.1) is 0 Å². The molecule has 0 saturated heterocycles. The van der Waals surface area contributed by atoms with Crippen LogP contribution in [0, 0.1) is 0 Å². The van der Waals surface area contributed by atoms with Gasteiger partial charge >= 0.3 is 0 Å². The largest absolute Gasteiger partial charge is 0.299 e. The maximum atomic E-state index is 11.3. The van der Waals surface area contributed by atoms with E-state index < -0.39 is 0 Å². The number of hydrogen-bond donors (Lipinski definition) is 0. The molecule has 0 radical (unpaired) electrons. The van der Waals surface area contributed by atoms with Crippen molar-refractivity contribution in [3.63, 3.8) is 0 Å². The molecule has 0 N–H and O–H groups in total. The molecule has 0 aliphatic heterocycles. The van der Waals surface area contributed by atoms with Crippen molar-refractivity contribution < 1.29 is 4.79 Å². The van der Waals surface area contributed by atoms with Gasteiger partial charge in [0.25, 0.3) is 0 Å². The van der Waals surface area contributed by atoms with E-state index in [-0.39, 0.29) is 0 Å². The summed E-state index contributed by atoms with van der Waals surface area (Å²) < 4.78 is 0. The minimum atomic E-state index is 0.390. The van der Waals surface area contributed by atoms with Crippen molar-refractivity contribution in [1.29, 1.82) is 0 Å². The molecule has 0 amide bonds. The van der Waals surface area contributed by atoms with Crippen LogP contribution in [0.2, 0.25) is 0 Å². The van der Waals surface area contributed by atoms with Crippen LogP contribution in [-0.2, 0) is 4.79 Å². The van der Waals surface area contributed by atoms with Crippen LogP contribution in [-0.4, -0.2) is 5.78 Å². The first-order valence-corrected chi connectivity index (χ1v) is 6.44. The molecular weight excluding hydrogens is 184 g/mol. The summed E-state index contributed by atoms with van der Waals surface area (Å²) in [6.45, 7) is 4.20. The summed E-state index contributed by atoms with van der Waals surface area (Å²) in [7, 11) is 0. The second kappa shape index (κ2) is 11.5. The molecular formula is C14H26O. The highest BCUT2D eigenvalue weighted by molar-refractivity contribution is 5.79. The van der Waals surface area contributed by atoms with E-state index in [0.29, 0.717) is 12.2 Å². The predicted octanol–water partition coefficient (Wildman–Crippen LogP) is 4.66. The summed E-state index contributed by atoms with van der Waals surface area (Å²) in [6.07, 6.45) is 14.3. The zero-order chi connectivity index (χ0) is 11.4. The fourth-order valence-corrected chi connectivity index (χ4v) is 1.63. The van der Waals surface area contributed by atoms with Gasteiger partial charge in [-0.15, -0.1) is 0 Å². The maximum absolute atomic E-state index is 11.3. The molecule has 0 aliphatic carbocycles. The lowest BCUT2D eigenvalue weighted by Gasteiger charge is -2.00. The predicted molar refractivity (Wildman–Crippen MR) is 67.0 cm³/mol. The quantitative estimate of drug-likeness (QED) is 0.378. The van der Waals surface area contributed by atoms with Gasteiger partial charge in [0.2, 0.25) is 0 Å². The number of carbonyl (C=O) groups is 1. The van der Waals surface area contributed by atoms with Gasteiger partial charge in [-0.1, -0.05) is 57.6 Å². The topological polar surface area (TPSA) is 17.1 Å². The third-order valence-corrected chi connectivity index (χ3v) is 2.64. The van der Waals surface area contributed by atoms with E-state index in [4.69, 9.17) is 0 Å². The fourth-order valence-electron chi connectivity index (χ4n) is 1.63. The third kappa shape index (κ3) is 11.3. The second-order valence-corrected chi connectivity index (χ2v) is 4.18. The first kappa shape index (κ1) is 14.4. The zero-order valence-electron chi connectivity index (χ0n) is 10.4. The van der Waals surface area contributed by atoms with Crippen molar-refractivity contribution in [2.24, 2.45) is 0 Å². The maximum Gasteiger partial charge on any atom is 0.136 e. The Kier molecular flexibility index (Phi) is 11.0. The van der Waals surface area contributed by atoms with Crippen LogP contribution < -0.4 is 0 Å². The van der Waals surface area contributed by atoms with Crippen molar-refractivity contribution in [3.8, 4) is 0 Å². The SMILES string of the molecule is C/C=C/CC(=O)CCCCCCCCC. The van der Waals surface area contributed by atoms with Gasteiger partial charge in [0.1, 0.15) is 5.78 Å². The molecule has 88 valence electrons. The summed E-state index contributed by atoms with van der Waals surface area (Å²) in [6, 6.07) is 0. The lowest BCUT2D eigenvalue weighted by atomic mass is 10.1. The molecule has 0 aromatic carbocycles. The van der Waals surface area contributed by atoms with Crippen LogP contribution in [0.25, 0.3) is 0 Å². The molecule has 0 aliphatic rings. The molecule has 1 heteroatoms. The average Bonchev–Trinajstić information content (AvgIpc) is 2.25. The van der Waals surface area contributed by atoms with Crippen molar-refractivity contribution >= 4 is 5.78 Å². The van der Waals surface area contributed by atoms with Crippen molar-refractivity contribution in [2.45, 2.75) is 71.6 Å². The number of carbonyl (C=O) groups excluding carboxylic acids is 1. The van der Waals surface area contributed by atoms with Crippen LogP contribution in [0.4, 0.5) is 0 Å². The number of unbranched alkanes of at least 4 members (excludes halogenated alkanes) is 6. The molecule has 0 unspecified atom stereocenters. The first-order chi connectivity index (χ1) is 7.31. The molecule has 0 saturated carbocycles.